The zero-order valence-electron chi connectivity index (χ0n) is 25.1. The SMILES string of the molecule is CO[SiH](C)C.CO[Si](C)(C)/C(=C/[Si](C)(C)C)[Si](C)(C)C.O=[Si](O)[Si]([Si](=O)O)([Si](=O)O)[Si]([Si](=O)O)([Si](=O)O)[Si](=O)O. The summed E-state index contributed by atoms with van der Waals surface area (Å²) in [4.78, 5) is 56.7. The zero-order valence-corrected chi connectivity index (χ0v) is 37.3. The minimum absolute atomic E-state index is 0.650. The van der Waals surface area contributed by atoms with E-state index in [1.54, 1.807) is 11.9 Å². The summed E-state index contributed by atoms with van der Waals surface area (Å²) in [6.07, 6.45) is -11.2. The van der Waals surface area contributed by atoms with Gasteiger partial charge < -0.3 is 64.4 Å². The Morgan fingerprint density at radius 1 is 0.600 bits per heavy atom. The molecule has 0 radical (unpaired) electrons. The lowest BCUT2D eigenvalue weighted by atomic mass is 11.2. The van der Waals surface area contributed by atoms with Crippen molar-refractivity contribution in [2.24, 2.45) is 0 Å². The highest BCUT2D eigenvalue weighted by molar-refractivity contribution is 8.14. The molecule has 0 aromatic carbocycles. The van der Waals surface area contributed by atoms with Crippen molar-refractivity contribution >= 4 is 96.5 Å². The van der Waals surface area contributed by atoms with Gasteiger partial charge in [0.25, 0.3) is 0 Å². The predicted molar refractivity (Wildman–Crippen MR) is 169 cm³/mol. The van der Waals surface area contributed by atoms with Crippen LogP contribution in [0.5, 0.6) is 0 Å². The number of hydrogen-bond acceptors (Lipinski definition) is 8. The highest BCUT2D eigenvalue weighted by Gasteiger charge is 2.91. The van der Waals surface area contributed by atoms with Gasteiger partial charge in [-0.25, -0.2) is 0 Å². The highest BCUT2D eigenvalue weighted by Crippen LogP contribution is 2.28. The lowest BCUT2D eigenvalue weighted by Crippen LogP contribution is -2.91. The van der Waals surface area contributed by atoms with Crippen molar-refractivity contribution in [1.29, 1.82) is 0 Å². The number of hydrogen-bond donors (Lipinski definition) is 6. The van der Waals surface area contributed by atoms with Crippen LogP contribution in [0, 0.1) is 0 Å². The van der Waals surface area contributed by atoms with Gasteiger partial charge in [0.2, 0.25) is 8.32 Å². The van der Waals surface area contributed by atoms with Crippen LogP contribution in [0.2, 0.25) is 65.5 Å². The first-order chi connectivity index (χ1) is 17.6. The highest BCUT2D eigenvalue weighted by atomic mass is 30.4. The van der Waals surface area contributed by atoms with E-state index in [1.807, 2.05) is 7.11 Å². The van der Waals surface area contributed by atoms with E-state index in [1.165, 1.54) is 0 Å². The van der Waals surface area contributed by atoms with E-state index >= 15 is 0 Å². The largest absolute Gasteiger partial charge is 0.542 e. The topological polar surface area (TPSA) is 242 Å². The fourth-order valence-electron chi connectivity index (χ4n) is 3.35. The van der Waals surface area contributed by atoms with Crippen molar-refractivity contribution in [1.82, 2.24) is 0 Å². The Labute approximate surface area is 249 Å². The standard InChI is InChI=1S/C11H28OSi3.C3H10OSi.H6O12Si8/c1-12-15(8,9)11(14(5,6)7)10-13(2,3)4;1-4-5(2)3;1-13(2)19(14(3)4,15(5)6)20(16(7)8,17(9)10)18(11)12/h10H,1-9H3;5H,1-3H3;1,3,5,7,9,11H/b11-10+;;. The summed E-state index contributed by atoms with van der Waals surface area (Å²) in [5.41, 5.74) is 2.61. The summed E-state index contributed by atoms with van der Waals surface area (Å²) in [6, 6.07) is 0. The van der Waals surface area contributed by atoms with Gasteiger partial charge in [-0.1, -0.05) is 44.1 Å². The molecule has 0 bridgehead atoms. The van der Waals surface area contributed by atoms with Crippen LogP contribution in [0.4, 0.5) is 0 Å². The quantitative estimate of drug-likeness (QED) is 0.113. The second-order valence-corrected chi connectivity index (χ2v) is 79.0. The van der Waals surface area contributed by atoms with Crippen LogP contribution in [-0.4, -0.2) is 139 Å². The van der Waals surface area contributed by atoms with Crippen molar-refractivity contribution in [2.45, 2.75) is 65.5 Å². The average molecular weight is 774 g/mol. The zero-order chi connectivity index (χ0) is 33.2. The lowest BCUT2D eigenvalue weighted by molar-refractivity contribution is 0.414. The van der Waals surface area contributed by atoms with E-state index in [0.717, 1.165) is 0 Å². The Kier molecular flexibility index (Phi) is 19.1. The maximum absolute atomic E-state index is 11.4. The molecule has 0 aliphatic rings. The van der Waals surface area contributed by atoms with Crippen molar-refractivity contribution in [2.75, 3.05) is 14.2 Å². The Morgan fingerprint density at radius 3 is 0.925 bits per heavy atom. The summed E-state index contributed by atoms with van der Waals surface area (Å²) < 4.78 is 78.9. The molecule has 0 aliphatic carbocycles. The molecular formula is C14H44O14Si12. The Balaban J connectivity index is -0.000000601. The third-order valence-electron chi connectivity index (χ3n) is 5.50. The summed E-state index contributed by atoms with van der Waals surface area (Å²) >= 11 is 0. The first-order valence-corrected chi connectivity index (χ1v) is 43.7. The summed E-state index contributed by atoms with van der Waals surface area (Å²) in [6.45, 7) is 23.5. The molecule has 0 unspecified atom stereocenters. The van der Waals surface area contributed by atoms with Crippen molar-refractivity contribution in [3.63, 3.8) is 0 Å². The molecule has 26 heteroatoms. The molecule has 0 rings (SSSR count). The van der Waals surface area contributed by atoms with E-state index in [9.17, 15) is 26.8 Å². The van der Waals surface area contributed by atoms with Gasteiger partial charge in [-0.2, -0.15) is 0 Å². The molecular weight excluding hydrogens is 729 g/mol. The second kappa shape index (κ2) is 17.2. The van der Waals surface area contributed by atoms with Crippen molar-refractivity contribution in [3.8, 4) is 0 Å². The van der Waals surface area contributed by atoms with Crippen molar-refractivity contribution in [3.05, 3.63) is 10.5 Å². The van der Waals surface area contributed by atoms with Gasteiger partial charge in [-0.3, -0.25) is 0 Å². The lowest BCUT2D eigenvalue weighted by Gasteiger charge is -2.34. The summed E-state index contributed by atoms with van der Waals surface area (Å²) in [5, 5.41) is 0. The van der Waals surface area contributed by atoms with Gasteiger partial charge >= 0.3 is 63.0 Å². The summed E-state index contributed by atoms with van der Waals surface area (Å²) in [5.74, 6) is 0. The van der Waals surface area contributed by atoms with Gasteiger partial charge in [-0.15, -0.1) is 5.70 Å². The first-order valence-electron chi connectivity index (χ1n) is 11.8. The maximum Gasteiger partial charge on any atom is 0.483 e. The van der Waals surface area contributed by atoms with Gasteiger partial charge in [0.1, 0.15) is 0 Å². The smallest absolute Gasteiger partial charge is 0.483 e. The normalized spacial score (nSPS) is 12.8. The van der Waals surface area contributed by atoms with Crippen LogP contribution >= 0.6 is 0 Å². The van der Waals surface area contributed by atoms with Gasteiger partial charge in [0.15, 0.2) is 9.04 Å². The van der Waals surface area contributed by atoms with Gasteiger partial charge in [0, 0.05) is 14.2 Å². The fraction of sp³-hybridized carbons (Fsp3) is 0.857. The second-order valence-electron chi connectivity index (χ2n) is 11.5. The minimum atomic E-state index is -5.60. The molecule has 0 aromatic rings. The van der Waals surface area contributed by atoms with E-state index in [2.05, 4.69) is 71.2 Å². The van der Waals surface area contributed by atoms with Crippen LogP contribution in [-0.2, 0) is 35.6 Å². The van der Waals surface area contributed by atoms with Crippen LogP contribution in [0.1, 0.15) is 0 Å². The van der Waals surface area contributed by atoms with Crippen LogP contribution in [0.3, 0.4) is 0 Å². The molecule has 0 amide bonds. The number of rotatable bonds is 12. The fourth-order valence-corrected chi connectivity index (χ4v) is 109. The van der Waals surface area contributed by atoms with Crippen LogP contribution in [0.15, 0.2) is 10.5 Å². The first kappa shape index (κ1) is 44.3. The average Bonchev–Trinajstić information content (AvgIpc) is 2.73. The summed E-state index contributed by atoms with van der Waals surface area (Å²) in [7, 11) is -28.0. The Bertz CT molecular complexity index is 880. The molecule has 40 heavy (non-hydrogen) atoms. The van der Waals surface area contributed by atoms with E-state index in [4.69, 9.17) is 37.6 Å². The third-order valence-corrected chi connectivity index (χ3v) is 112. The van der Waals surface area contributed by atoms with E-state index in [-0.39, 0.29) is 0 Å². The minimum Gasteiger partial charge on any atom is -0.542 e. The third kappa shape index (κ3) is 11.5. The molecule has 232 valence electrons. The Hall–Kier alpha value is -0.137. The van der Waals surface area contributed by atoms with Gasteiger partial charge in [-0.05, 0) is 26.2 Å². The van der Waals surface area contributed by atoms with Crippen molar-refractivity contribution < 1.29 is 64.4 Å². The molecule has 0 aromatic heterocycles. The molecule has 0 fully saturated rings. The molecule has 0 heterocycles. The van der Waals surface area contributed by atoms with Crippen LogP contribution < -0.4 is 0 Å². The van der Waals surface area contributed by atoms with Gasteiger partial charge in [0.05, 0.1) is 16.1 Å². The molecule has 0 spiro atoms. The molecule has 0 saturated carbocycles. The van der Waals surface area contributed by atoms with E-state index < -0.39 is 96.5 Å². The molecule has 14 nitrogen and oxygen atoms in total. The predicted octanol–water partition coefficient (Wildman–Crippen LogP) is -2.43. The van der Waals surface area contributed by atoms with Crippen LogP contribution in [0.25, 0.3) is 0 Å². The molecule has 0 atom stereocenters. The maximum atomic E-state index is 11.4. The molecule has 0 saturated heterocycles. The Morgan fingerprint density at radius 2 is 0.825 bits per heavy atom. The van der Waals surface area contributed by atoms with E-state index in [0.29, 0.717) is 0 Å². The monoisotopic (exact) mass is 772 g/mol. The molecule has 0 aliphatic heterocycles. The molecule has 6 N–H and O–H groups in total.